The highest BCUT2D eigenvalue weighted by Gasteiger charge is 2.28. The van der Waals surface area contributed by atoms with E-state index in [2.05, 4.69) is 14.9 Å². The van der Waals surface area contributed by atoms with Gasteiger partial charge in [-0.25, -0.2) is 9.37 Å². The molecule has 154 valence electrons. The van der Waals surface area contributed by atoms with Crippen molar-refractivity contribution in [2.45, 2.75) is 12.8 Å². The molecule has 2 aromatic rings. The van der Waals surface area contributed by atoms with Crippen molar-refractivity contribution in [3.05, 3.63) is 24.2 Å². The van der Waals surface area contributed by atoms with Crippen molar-refractivity contribution < 1.29 is 18.7 Å². The molecule has 0 radical (unpaired) electrons. The Kier molecular flexibility index (Phi) is 5.12. The normalized spacial score (nSPS) is 17.2. The van der Waals surface area contributed by atoms with E-state index in [1.807, 2.05) is 11.1 Å². The lowest BCUT2D eigenvalue weighted by atomic mass is 10.2. The van der Waals surface area contributed by atoms with Gasteiger partial charge in [0.2, 0.25) is 5.95 Å². The predicted octanol–water partition coefficient (Wildman–Crippen LogP) is 1.98. The zero-order chi connectivity index (χ0) is 20.5. The Labute approximate surface area is 168 Å². The summed E-state index contributed by atoms with van der Waals surface area (Å²) in [7, 11) is 2.81. The lowest BCUT2D eigenvalue weighted by Crippen LogP contribution is -2.44. The second-order valence-corrected chi connectivity index (χ2v) is 7.24. The largest absolute Gasteiger partial charge is 0.493 e. The number of hydrogen-bond donors (Lipinski definition) is 1. The van der Waals surface area contributed by atoms with E-state index < -0.39 is 5.82 Å². The minimum atomic E-state index is -0.638. The molecular formula is C20H24FN5O3. The summed E-state index contributed by atoms with van der Waals surface area (Å²) in [5, 5.41) is 0.117. The van der Waals surface area contributed by atoms with Crippen LogP contribution in [0, 0.1) is 11.7 Å². The predicted molar refractivity (Wildman–Crippen MR) is 108 cm³/mol. The molecule has 1 saturated carbocycles. The van der Waals surface area contributed by atoms with Crippen LogP contribution in [-0.2, 0) is 4.79 Å². The van der Waals surface area contributed by atoms with Crippen LogP contribution >= 0.6 is 0 Å². The van der Waals surface area contributed by atoms with Gasteiger partial charge in [-0.05, 0) is 18.9 Å². The van der Waals surface area contributed by atoms with Crippen LogP contribution in [0.5, 0.6) is 11.5 Å². The number of hydrogen-bond acceptors (Lipinski definition) is 8. The second-order valence-electron chi connectivity index (χ2n) is 7.24. The van der Waals surface area contributed by atoms with Crippen molar-refractivity contribution in [1.82, 2.24) is 14.9 Å². The number of allylic oxidation sites excluding steroid dienone is 1. The minimum absolute atomic E-state index is 0.0239. The van der Waals surface area contributed by atoms with Crippen molar-refractivity contribution in [1.29, 1.82) is 0 Å². The Morgan fingerprint density at radius 2 is 1.93 bits per heavy atom. The average molecular weight is 401 g/mol. The maximum atomic E-state index is 14.8. The number of rotatable bonds is 6. The van der Waals surface area contributed by atoms with Gasteiger partial charge in [-0.3, -0.25) is 4.79 Å². The molecule has 8 nitrogen and oxygen atoms in total. The van der Waals surface area contributed by atoms with E-state index in [9.17, 15) is 9.18 Å². The maximum Gasteiger partial charge on any atom is 0.228 e. The zero-order valence-corrected chi connectivity index (χ0v) is 16.5. The summed E-state index contributed by atoms with van der Waals surface area (Å²) in [6, 6.07) is 1.60. The van der Waals surface area contributed by atoms with Gasteiger partial charge in [-0.2, -0.15) is 4.98 Å². The molecule has 0 unspecified atom stereocenters. The molecule has 9 heteroatoms. The molecule has 0 amide bonds. The van der Waals surface area contributed by atoms with Crippen LogP contribution in [0.1, 0.15) is 12.8 Å². The van der Waals surface area contributed by atoms with Crippen molar-refractivity contribution in [2.24, 2.45) is 5.92 Å². The molecule has 2 N–H and O–H groups in total. The van der Waals surface area contributed by atoms with Crippen LogP contribution in [0.15, 0.2) is 18.3 Å². The highest BCUT2D eigenvalue weighted by atomic mass is 19.1. The number of nitrogens with zero attached hydrogens (tertiary/aromatic N) is 4. The first-order chi connectivity index (χ1) is 14.0. The number of aromatic nitrogens is 2. The summed E-state index contributed by atoms with van der Waals surface area (Å²) in [4.78, 5) is 24.7. The number of ketones is 1. The SMILES string of the molecule is COc1cc2nc(N3CCN(C=CC(=O)C4CC4)CC3)nc(N)c2c(F)c1OC. The van der Waals surface area contributed by atoms with Crippen LogP contribution in [-0.4, -0.2) is 61.0 Å². The van der Waals surface area contributed by atoms with Gasteiger partial charge in [-0.15, -0.1) is 0 Å². The van der Waals surface area contributed by atoms with Crippen LogP contribution in [0.4, 0.5) is 16.2 Å². The fourth-order valence-electron chi connectivity index (χ4n) is 3.46. The molecule has 2 aliphatic rings. The number of benzene rings is 1. The highest BCUT2D eigenvalue weighted by molar-refractivity contribution is 5.93. The van der Waals surface area contributed by atoms with E-state index in [1.54, 1.807) is 12.1 Å². The third-order valence-electron chi connectivity index (χ3n) is 5.31. The first-order valence-corrected chi connectivity index (χ1v) is 9.60. The van der Waals surface area contributed by atoms with Gasteiger partial charge < -0.3 is 25.0 Å². The number of methoxy groups -OCH3 is 2. The van der Waals surface area contributed by atoms with Crippen LogP contribution in [0.3, 0.4) is 0 Å². The Hall–Kier alpha value is -3.10. The quantitative estimate of drug-likeness (QED) is 0.735. The topological polar surface area (TPSA) is 93.8 Å². The molecule has 1 aliphatic carbocycles. The summed E-state index contributed by atoms with van der Waals surface area (Å²) in [6.07, 6.45) is 5.57. The maximum absolute atomic E-state index is 14.8. The van der Waals surface area contributed by atoms with Gasteiger partial charge in [0.05, 0.1) is 25.1 Å². The second kappa shape index (κ2) is 7.73. The minimum Gasteiger partial charge on any atom is -0.493 e. The molecule has 0 spiro atoms. The molecule has 29 heavy (non-hydrogen) atoms. The lowest BCUT2D eigenvalue weighted by Gasteiger charge is -2.34. The Morgan fingerprint density at radius 3 is 2.55 bits per heavy atom. The zero-order valence-electron chi connectivity index (χ0n) is 16.5. The molecule has 1 aromatic heterocycles. The first-order valence-electron chi connectivity index (χ1n) is 9.60. The number of nitrogen functional groups attached to an aromatic ring is 1. The van der Waals surface area contributed by atoms with Crippen molar-refractivity contribution in [3.8, 4) is 11.5 Å². The first kappa shape index (κ1) is 19.2. The summed E-state index contributed by atoms with van der Waals surface area (Å²) in [5.41, 5.74) is 6.41. The van der Waals surface area contributed by atoms with E-state index in [-0.39, 0.29) is 34.4 Å². The number of piperazine rings is 1. The Bertz CT molecular complexity index is 968. The number of anilines is 2. The van der Waals surface area contributed by atoms with Crippen molar-refractivity contribution >= 4 is 28.5 Å². The fraction of sp³-hybridized carbons (Fsp3) is 0.450. The summed E-state index contributed by atoms with van der Waals surface area (Å²) in [6.45, 7) is 2.80. The van der Waals surface area contributed by atoms with E-state index in [0.29, 0.717) is 24.6 Å². The summed E-state index contributed by atoms with van der Waals surface area (Å²) >= 11 is 0. The highest BCUT2D eigenvalue weighted by Crippen LogP contribution is 2.38. The summed E-state index contributed by atoms with van der Waals surface area (Å²) < 4.78 is 25.1. The molecule has 0 atom stereocenters. The Morgan fingerprint density at radius 1 is 1.21 bits per heavy atom. The van der Waals surface area contributed by atoms with Gasteiger partial charge in [0, 0.05) is 44.4 Å². The lowest BCUT2D eigenvalue weighted by molar-refractivity contribution is -0.115. The van der Waals surface area contributed by atoms with Crippen molar-refractivity contribution in [3.63, 3.8) is 0 Å². The molecule has 1 aromatic carbocycles. The third kappa shape index (κ3) is 3.76. The molecule has 1 saturated heterocycles. The molecule has 2 fully saturated rings. The standard InChI is InChI=1S/C20H24FN5O3/c1-28-15-11-13-16(17(21)18(15)29-2)19(22)24-20(23-13)26-9-7-25(8-10-26)6-5-14(27)12-3-4-12/h5-6,11-12H,3-4,7-10H2,1-2H3,(H2,22,23,24). The number of halogens is 1. The smallest absolute Gasteiger partial charge is 0.228 e. The van der Waals surface area contributed by atoms with Gasteiger partial charge in [-0.1, -0.05) is 0 Å². The Balaban J connectivity index is 1.53. The van der Waals surface area contributed by atoms with Crippen LogP contribution in [0.2, 0.25) is 0 Å². The third-order valence-corrected chi connectivity index (χ3v) is 5.31. The van der Waals surface area contributed by atoms with Gasteiger partial charge in [0.15, 0.2) is 23.1 Å². The van der Waals surface area contributed by atoms with Gasteiger partial charge in [0.1, 0.15) is 5.82 Å². The number of carbonyl (C=O) groups is 1. The van der Waals surface area contributed by atoms with E-state index in [1.165, 1.54) is 14.2 Å². The molecule has 0 bridgehead atoms. The molecular weight excluding hydrogens is 377 g/mol. The van der Waals surface area contributed by atoms with E-state index >= 15 is 0 Å². The van der Waals surface area contributed by atoms with E-state index in [0.717, 1.165) is 25.9 Å². The van der Waals surface area contributed by atoms with E-state index in [4.69, 9.17) is 15.2 Å². The molecule has 2 heterocycles. The van der Waals surface area contributed by atoms with Crippen LogP contribution in [0.25, 0.3) is 10.9 Å². The van der Waals surface area contributed by atoms with Gasteiger partial charge in [0.25, 0.3) is 0 Å². The van der Waals surface area contributed by atoms with Crippen LogP contribution < -0.4 is 20.1 Å². The molecule has 1 aliphatic heterocycles. The monoisotopic (exact) mass is 401 g/mol. The number of ether oxygens (including phenoxy) is 2. The van der Waals surface area contributed by atoms with Crippen molar-refractivity contribution in [2.75, 3.05) is 51.0 Å². The number of carbonyl (C=O) groups excluding carboxylic acids is 1. The average Bonchev–Trinajstić information content (AvgIpc) is 3.57. The summed E-state index contributed by atoms with van der Waals surface area (Å²) in [5.74, 6) is 0.532. The molecule has 4 rings (SSSR count). The fourth-order valence-corrected chi connectivity index (χ4v) is 3.46. The number of fused-ring (bicyclic) bond motifs is 1. The van der Waals surface area contributed by atoms with Gasteiger partial charge >= 0.3 is 0 Å². The number of nitrogens with two attached hydrogens (primary N) is 1.